The van der Waals surface area contributed by atoms with Gasteiger partial charge >= 0.3 is 0 Å². The highest BCUT2D eigenvalue weighted by atomic mass is 16.5. The summed E-state index contributed by atoms with van der Waals surface area (Å²) in [5.74, 6) is 0.845. The molecule has 2 atom stereocenters. The zero-order valence-corrected chi connectivity index (χ0v) is 22.3. The Balaban J connectivity index is 1.50. The normalized spacial score (nSPS) is 12.4. The fourth-order valence-electron chi connectivity index (χ4n) is 4.16. The molecule has 4 rings (SSSR count). The Labute approximate surface area is 224 Å². The van der Waals surface area contributed by atoms with Crippen LogP contribution in [0.4, 0.5) is 11.4 Å². The van der Waals surface area contributed by atoms with Crippen molar-refractivity contribution in [2.24, 2.45) is 0 Å². The maximum atomic E-state index is 13.1. The fraction of sp³-hybridized carbons (Fsp3) is 0.250. The molecule has 6 heteroatoms. The van der Waals surface area contributed by atoms with Crippen LogP contribution in [0.3, 0.4) is 0 Å². The molecule has 4 aromatic rings. The van der Waals surface area contributed by atoms with Crippen molar-refractivity contribution in [1.29, 1.82) is 0 Å². The number of anilines is 2. The second-order valence-electron chi connectivity index (χ2n) is 9.34. The van der Waals surface area contributed by atoms with Crippen LogP contribution in [0.2, 0.25) is 0 Å². The Hall–Kier alpha value is -4.32. The molecule has 0 aliphatic carbocycles. The molecule has 0 radical (unpaired) electrons. The summed E-state index contributed by atoms with van der Waals surface area (Å²) >= 11 is 0. The van der Waals surface area contributed by atoms with Crippen LogP contribution in [0.25, 0.3) is 10.8 Å². The standard InChI is InChI=1S/C32H34N2O4/c1-5-29(37-23-17-13-21(3)14-18-23)31(35)33-27-11-7-10-26-25(27)9-8-12-28(26)34-32(36)30(6-2)38-24-19-15-22(4)16-20-24/h7-20,29-30H,5-6H2,1-4H3,(H,33,35)(H,34,36). The average Bonchev–Trinajstić information content (AvgIpc) is 2.92. The first kappa shape index (κ1) is 26.7. The van der Waals surface area contributed by atoms with Gasteiger partial charge in [0.05, 0.1) is 0 Å². The molecule has 4 aromatic carbocycles. The van der Waals surface area contributed by atoms with E-state index in [1.165, 1.54) is 0 Å². The second kappa shape index (κ2) is 12.3. The van der Waals surface area contributed by atoms with Gasteiger partial charge in [-0.05, 0) is 63.1 Å². The van der Waals surface area contributed by atoms with Gasteiger partial charge in [-0.15, -0.1) is 0 Å². The van der Waals surface area contributed by atoms with Gasteiger partial charge < -0.3 is 20.1 Å². The highest BCUT2D eigenvalue weighted by Gasteiger charge is 2.21. The van der Waals surface area contributed by atoms with Crippen molar-refractivity contribution in [2.45, 2.75) is 52.7 Å². The summed E-state index contributed by atoms with van der Waals surface area (Å²) in [6, 6.07) is 26.5. The zero-order valence-electron chi connectivity index (χ0n) is 22.3. The Bertz CT molecular complexity index is 1290. The number of hydrogen-bond acceptors (Lipinski definition) is 4. The lowest BCUT2D eigenvalue weighted by Gasteiger charge is -2.20. The van der Waals surface area contributed by atoms with Crippen LogP contribution in [0.15, 0.2) is 84.9 Å². The van der Waals surface area contributed by atoms with E-state index in [9.17, 15) is 9.59 Å². The predicted octanol–water partition coefficient (Wildman–Crippen LogP) is 7.05. The number of carbonyl (C=O) groups excluding carboxylic acids is 2. The molecule has 0 saturated carbocycles. The molecule has 2 unspecified atom stereocenters. The highest BCUT2D eigenvalue weighted by molar-refractivity contribution is 6.10. The lowest BCUT2D eigenvalue weighted by Crippen LogP contribution is -2.32. The largest absolute Gasteiger partial charge is 0.481 e. The Kier molecular flexibility index (Phi) is 8.64. The predicted molar refractivity (Wildman–Crippen MR) is 153 cm³/mol. The average molecular weight is 511 g/mol. The molecule has 0 heterocycles. The van der Waals surface area contributed by atoms with Gasteiger partial charge in [-0.3, -0.25) is 9.59 Å². The van der Waals surface area contributed by atoms with Gasteiger partial charge in [-0.1, -0.05) is 73.5 Å². The molecule has 0 aliphatic heterocycles. The van der Waals surface area contributed by atoms with Crippen molar-refractivity contribution >= 4 is 34.0 Å². The van der Waals surface area contributed by atoms with Gasteiger partial charge in [0, 0.05) is 22.1 Å². The minimum Gasteiger partial charge on any atom is -0.481 e. The molecule has 0 fully saturated rings. The highest BCUT2D eigenvalue weighted by Crippen LogP contribution is 2.30. The van der Waals surface area contributed by atoms with E-state index in [1.54, 1.807) is 0 Å². The first-order chi connectivity index (χ1) is 18.4. The van der Waals surface area contributed by atoms with Crippen molar-refractivity contribution in [2.75, 3.05) is 10.6 Å². The number of carbonyl (C=O) groups is 2. The molecule has 0 saturated heterocycles. The lowest BCUT2D eigenvalue weighted by atomic mass is 10.1. The number of rotatable bonds is 10. The minimum absolute atomic E-state index is 0.229. The van der Waals surface area contributed by atoms with E-state index in [4.69, 9.17) is 9.47 Å². The summed E-state index contributed by atoms with van der Waals surface area (Å²) in [6.07, 6.45) is -0.240. The van der Waals surface area contributed by atoms with Gasteiger partial charge in [0.2, 0.25) is 0 Å². The molecule has 0 bridgehead atoms. The second-order valence-corrected chi connectivity index (χ2v) is 9.34. The molecule has 0 spiro atoms. The Morgan fingerprint density at radius 3 is 1.32 bits per heavy atom. The monoisotopic (exact) mass is 510 g/mol. The molecule has 2 N–H and O–H groups in total. The zero-order chi connectivity index (χ0) is 27.1. The number of aryl methyl sites for hydroxylation is 2. The van der Waals surface area contributed by atoms with Crippen LogP contribution in [-0.2, 0) is 9.59 Å². The van der Waals surface area contributed by atoms with Gasteiger partial charge in [0.25, 0.3) is 11.8 Å². The smallest absolute Gasteiger partial charge is 0.265 e. The number of benzene rings is 4. The summed E-state index contributed by atoms with van der Waals surface area (Å²) in [6.45, 7) is 7.84. The third-order valence-electron chi connectivity index (χ3n) is 6.36. The van der Waals surface area contributed by atoms with Crippen LogP contribution in [0.1, 0.15) is 37.8 Å². The quantitative estimate of drug-likeness (QED) is 0.240. The van der Waals surface area contributed by atoms with Gasteiger partial charge in [-0.25, -0.2) is 0 Å². The van der Waals surface area contributed by atoms with E-state index < -0.39 is 12.2 Å². The van der Waals surface area contributed by atoms with Crippen molar-refractivity contribution in [3.8, 4) is 11.5 Å². The summed E-state index contributed by atoms with van der Waals surface area (Å²) in [5.41, 5.74) is 3.55. The SMILES string of the molecule is CCC(Oc1ccc(C)cc1)C(=O)Nc1cccc2c(NC(=O)C(CC)Oc3ccc(C)cc3)cccc12. The van der Waals surface area contributed by atoms with Crippen molar-refractivity contribution in [3.63, 3.8) is 0 Å². The van der Waals surface area contributed by atoms with E-state index in [0.717, 1.165) is 21.9 Å². The van der Waals surface area contributed by atoms with Gasteiger partial charge in [0.1, 0.15) is 11.5 Å². The van der Waals surface area contributed by atoms with Crippen LogP contribution in [0, 0.1) is 13.8 Å². The molecule has 2 amide bonds. The van der Waals surface area contributed by atoms with Crippen LogP contribution >= 0.6 is 0 Å². The third kappa shape index (κ3) is 6.51. The van der Waals surface area contributed by atoms with Crippen molar-refractivity contribution in [1.82, 2.24) is 0 Å². The Morgan fingerprint density at radius 1 is 0.605 bits per heavy atom. The van der Waals surface area contributed by atoms with Gasteiger partial charge in [0.15, 0.2) is 12.2 Å². The summed E-state index contributed by atoms with van der Waals surface area (Å²) in [7, 11) is 0. The van der Waals surface area contributed by atoms with E-state index in [-0.39, 0.29) is 11.8 Å². The van der Waals surface area contributed by atoms with E-state index in [2.05, 4.69) is 10.6 Å². The number of ether oxygens (including phenoxy) is 2. The van der Waals surface area contributed by atoms with E-state index in [0.29, 0.717) is 35.7 Å². The van der Waals surface area contributed by atoms with E-state index in [1.807, 2.05) is 113 Å². The summed E-state index contributed by atoms with van der Waals surface area (Å²) in [4.78, 5) is 26.2. The van der Waals surface area contributed by atoms with Crippen LogP contribution in [0.5, 0.6) is 11.5 Å². The summed E-state index contributed by atoms with van der Waals surface area (Å²) in [5, 5.41) is 7.67. The summed E-state index contributed by atoms with van der Waals surface area (Å²) < 4.78 is 11.9. The number of hydrogen-bond donors (Lipinski definition) is 2. The van der Waals surface area contributed by atoms with Crippen LogP contribution < -0.4 is 20.1 Å². The molecule has 38 heavy (non-hydrogen) atoms. The van der Waals surface area contributed by atoms with E-state index >= 15 is 0 Å². The number of amides is 2. The first-order valence-corrected chi connectivity index (χ1v) is 13.0. The minimum atomic E-state index is -0.639. The maximum absolute atomic E-state index is 13.1. The molecule has 0 aromatic heterocycles. The molecule has 6 nitrogen and oxygen atoms in total. The molecular weight excluding hydrogens is 476 g/mol. The molecular formula is C32H34N2O4. The van der Waals surface area contributed by atoms with Crippen molar-refractivity contribution in [3.05, 3.63) is 96.1 Å². The first-order valence-electron chi connectivity index (χ1n) is 13.0. The number of nitrogens with one attached hydrogen (secondary N) is 2. The number of fused-ring (bicyclic) bond motifs is 1. The molecule has 0 aliphatic rings. The fourth-order valence-corrected chi connectivity index (χ4v) is 4.16. The Morgan fingerprint density at radius 2 is 0.974 bits per heavy atom. The van der Waals surface area contributed by atoms with Crippen LogP contribution in [-0.4, -0.2) is 24.0 Å². The van der Waals surface area contributed by atoms with Gasteiger partial charge in [-0.2, -0.15) is 0 Å². The maximum Gasteiger partial charge on any atom is 0.265 e. The third-order valence-corrected chi connectivity index (χ3v) is 6.36. The topological polar surface area (TPSA) is 76.7 Å². The molecule has 196 valence electrons. The lowest BCUT2D eigenvalue weighted by molar-refractivity contribution is -0.123. The van der Waals surface area contributed by atoms with Crippen molar-refractivity contribution < 1.29 is 19.1 Å².